The molecule has 1 aromatic carbocycles. The van der Waals surface area contributed by atoms with E-state index in [1.165, 1.54) is 30.7 Å². The maximum absolute atomic E-state index is 13.3. The number of benzene rings is 1. The van der Waals surface area contributed by atoms with Gasteiger partial charge >= 0.3 is 0 Å². The van der Waals surface area contributed by atoms with Crippen LogP contribution in [-0.2, 0) is 16.6 Å². The van der Waals surface area contributed by atoms with Crippen molar-refractivity contribution >= 4 is 15.9 Å². The molecule has 0 N–H and O–H groups in total. The zero-order valence-electron chi connectivity index (χ0n) is 20.4. The van der Waals surface area contributed by atoms with Crippen molar-refractivity contribution in [2.24, 2.45) is 0 Å². The number of hydrogen-bond donors (Lipinski definition) is 0. The molecule has 2 aromatic heterocycles. The number of carbonyl (C=O) groups is 1. The predicted octanol–water partition coefficient (Wildman–Crippen LogP) is 2.71. The van der Waals surface area contributed by atoms with Gasteiger partial charge in [0, 0.05) is 49.8 Å². The number of nitrogens with zero attached hydrogens (tertiary/aromatic N) is 4. The SMILES string of the molecule is COc1ccc(S(=O)(=O)N2CCN(C(=O)c3cc(C)n(Cc4ccccn4)c3C)CC2)cc1OC. The van der Waals surface area contributed by atoms with Crippen LogP contribution in [0.3, 0.4) is 0 Å². The largest absolute Gasteiger partial charge is 0.493 e. The average Bonchev–Trinajstić information content (AvgIpc) is 3.16. The number of amides is 1. The molecule has 35 heavy (non-hydrogen) atoms. The normalized spacial score (nSPS) is 14.7. The van der Waals surface area contributed by atoms with E-state index >= 15 is 0 Å². The lowest BCUT2D eigenvalue weighted by Gasteiger charge is -2.34. The van der Waals surface area contributed by atoms with Crippen LogP contribution in [0.25, 0.3) is 0 Å². The zero-order chi connectivity index (χ0) is 25.2. The Balaban J connectivity index is 1.46. The first-order valence-corrected chi connectivity index (χ1v) is 12.8. The average molecular weight is 499 g/mol. The van der Waals surface area contributed by atoms with Crippen LogP contribution in [0, 0.1) is 13.8 Å². The van der Waals surface area contributed by atoms with Crippen LogP contribution < -0.4 is 9.47 Å². The number of pyridine rings is 1. The molecule has 0 spiro atoms. The highest BCUT2D eigenvalue weighted by Crippen LogP contribution is 2.31. The number of aryl methyl sites for hydroxylation is 1. The van der Waals surface area contributed by atoms with Crippen LogP contribution >= 0.6 is 0 Å². The molecule has 9 nitrogen and oxygen atoms in total. The fourth-order valence-electron chi connectivity index (χ4n) is 4.34. The van der Waals surface area contributed by atoms with Gasteiger partial charge in [-0.1, -0.05) is 6.07 Å². The number of piperazine rings is 1. The first kappa shape index (κ1) is 24.7. The number of methoxy groups -OCH3 is 2. The van der Waals surface area contributed by atoms with Gasteiger partial charge in [0.25, 0.3) is 5.91 Å². The molecule has 4 rings (SSSR count). The second kappa shape index (κ2) is 10.1. The van der Waals surface area contributed by atoms with Crippen molar-refractivity contribution in [2.75, 3.05) is 40.4 Å². The van der Waals surface area contributed by atoms with Crippen molar-refractivity contribution in [3.05, 3.63) is 71.3 Å². The van der Waals surface area contributed by atoms with Crippen LogP contribution in [0.1, 0.15) is 27.4 Å². The lowest BCUT2D eigenvalue weighted by atomic mass is 10.2. The maximum Gasteiger partial charge on any atom is 0.255 e. The van der Waals surface area contributed by atoms with E-state index in [0.29, 0.717) is 36.7 Å². The van der Waals surface area contributed by atoms with Gasteiger partial charge in [0.15, 0.2) is 11.5 Å². The van der Waals surface area contributed by atoms with Gasteiger partial charge in [-0.3, -0.25) is 9.78 Å². The highest BCUT2D eigenvalue weighted by Gasteiger charge is 2.32. The maximum atomic E-state index is 13.3. The third-order valence-corrected chi connectivity index (χ3v) is 8.26. The van der Waals surface area contributed by atoms with Gasteiger partial charge in [-0.05, 0) is 44.2 Å². The van der Waals surface area contributed by atoms with Crippen molar-refractivity contribution in [3.63, 3.8) is 0 Å². The molecule has 0 bridgehead atoms. The van der Waals surface area contributed by atoms with Gasteiger partial charge in [0.2, 0.25) is 10.0 Å². The minimum Gasteiger partial charge on any atom is -0.493 e. The number of carbonyl (C=O) groups excluding carboxylic acids is 1. The summed E-state index contributed by atoms with van der Waals surface area (Å²) in [4.78, 5) is 19.5. The number of sulfonamides is 1. The van der Waals surface area contributed by atoms with E-state index in [9.17, 15) is 13.2 Å². The fourth-order valence-corrected chi connectivity index (χ4v) is 5.78. The summed E-state index contributed by atoms with van der Waals surface area (Å²) in [6.45, 7) is 5.55. The lowest BCUT2D eigenvalue weighted by molar-refractivity contribution is 0.0697. The van der Waals surface area contributed by atoms with E-state index < -0.39 is 10.0 Å². The minimum absolute atomic E-state index is 0.0893. The van der Waals surface area contributed by atoms with Gasteiger partial charge < -0.3 is 18.9 Å². The smallest absolute Gasteiger partial charge is 0.255 e. The quantitative estimate of drug-likeness (QED) is 0.497. The molecule has 1 fully saturated rings. The number of ether oxygens (including phenoxy) is 2. The van der Waals surface area contributed by atoms with Crippen molar-refractivity contribution in [1.82, 2.24) is 18.8 Å². The third kappa shape index (κ3) is 4.89. The molecule has 10 heteroatoms. The number of rotatable bonds is 7. The summed E-state index contributed by atoms with van der Waals surface area (Å²) in [5, 5.41) is 0. The first-order valence-electron chi connectivity index (χ1n) is 11.3. The molecule has 3 heterocycles. The molecule has 0 unspecified atom stereocenters. The Bertz CT molecular complexity index is 1310. The molecule has 0 radical (unpaired) electrons. The Kier molecular flexibility index (Phi) is 7.13. The Morgan fingerprint density at radius 1 is 0.971 bits per heavy atom. The van der Waals surface area contributed by atoms with Gasteiger partial charge in [0.1, 0.15) is 0 Å². The van der Waals surface area contributed by atoms with E-state index in [1.54, 1.807) is 17.2 Å². The molecule has 1 saturated heterocycles. The highest BCUT2D eigenvalue weighted by molar-refractivity contribution is 7.89. The van der Waals surface area contributed by atoms with E-state index in [2.05, 4.69) is 9.55 Å². The predicted molar refractivity (Wildman–Crippen MR) is 131 cm³/mol. The summed E-state index contributed by atoms with van der Waals surface area (Å²) in [6.07, 6.45) is 1.76. The van der Waals surface area contributed by atoms with Crippen LogP contribution in [0.5, 0.6) is 11.5 Å². The topological polar surface area (TPSA) is 94.0 Å². The fraction of sp³-hybridized carbons (Fsp3) is 0.360. The number of aromatic nitrogens is 2. The summed E-state index contributed by atoms with van der Waals surface area (Å²) in [6, 6.07) is 12.2. The molecule has 0 aliphatic carbocycles. The van der Waals surface area contributed by atoms with Crippen molar-refractivity contribution in [3.8, 4) is 11.5 Å². The van der Waals surface area contributed by atoms with E-state index in [-0.39, 0.29) is 23.9 Å². The van der Waals surface area contributed by atoms with Crippen LogP contribution in [0.15, 0.2) is 53.6 Å². The Labute approximate surface area is 205 Å². The van der Waals surface area contributed by atoms with E-state index in [0.717, 1.165) is 17.1 Å². The van der Waals surface area contributed by atoms with Gasteiger partial charge in [0.05, 0.1) is 36.9 Å². The van der Waals surface area contributed by atoms with Crippen LogP contribution in [0.4, 0.5) is 0 Å². The second-order valence-electron chi connectivity index (χ2n) is 8.41. The molecule has 0 atom stereocenters. The summed E-state index contributed by atoms with van der Waals surface area (Å²) in [5.41, 5.74) is 3.40. The second-order valence-corrected chi connectivity index (χ2v) is 10.3. The lowest BCUT2D eigenvalue weighted by Crippen LogP contribution is -2.50. The Hall–Kier alpha value is -3.37. The van der Waals surface area contributed by atoms with E-state index in [1.807, 2.05) is 38.1 Å². The Morgan fingerprint density at radius 3 is 2.31 bits per heavy atom. The monoisotopic (exact) mass is 498 g/mol. The summed E-state index contributed by atoms with van der Waals surface area (Å²) in [7, 11) is -0.767. The van der Waals surface area contributed by atoms with Gasteiger partial charge in [-0.2, -0.15) is 4.31 Å². The minimum atomic E-state index is -3.73. The molecular weight excluding hydrogens is 468 g/mol. The molecule has 0 saturated carbocycles. The third-order valence-electron chi connectivity index (χ3n) is 6.37. The summed E-state index contributed by atoms with van der Waals surface area (Å²) >= 11 is 0. The molecule has 1 aliphatic rings. The molecule has 3 aromatic rings. The zero-order valence-corrected chi connectivity index (χ0v) is 21.2. The standard InChI is InChI=1S/C25H30N4O5S/c1-18-15-22(19(2)29(18)17-20-7-5-6-10-26-20)25(30)27-11-13-28(14-12-27)35(31,32)21-8-9-23(33-3)24(16-21)34-4/h5-10,15-16H,11-14,17H2,1-4H3. The highest BCUT2D eigenvalue weighted by atomic mass is 32.2. The summed E-state index contributed by atoms with van der Waals surface area (Å²) in [5.74, 6) is 0.722. The Morgan fingerprint density at radius 2 is 1.69 bits per heavy atom. The number of hydrogen-bond acceptors (Lipinski definition) is 6. The van der Waals surface area contributed by atoms with E-state index in [4.69, 9.17) is 9.47 Å². The van der Waals surface area contributed by atoms with Crippen molar-refractivity contribution in [1.29, 1.82) is 0 Å². The van der Waals surface area contributed by atoms with Crippen LogP contribution in [-0.4, -0.2) is 73.5 Å². The van der Waals surface area contributed by atoms with Crippen molar-refractivity contribution < 1.29 is 22.7 Å². The van der Waals surface area contributed by atoms with Gasteiger partial charge in [-0.25, -0.2) is 8.42 Å². The molecule has 1 amide bonds. The molecule has 1 aliphatic heterocycles. The summed E-state index contributed by atoms with van der Waals surface area (Å²) < 4.78 is 40.3. The molecular formula is C25H30N4O5S. The first-order chi connectivity index (χ1) is 16.8. The van der Waals surface area contributed by atoms with Crippen LogP contribution in [0.2, 0.25) is 0 Å². The van der Waals surface area contributed by atoms with Gasteiger partial charge in [-0.15, -0.1) is 0 Å². The van der Waals surface area contributed by atoms with Crippen molar-refractivity contribution in [2.45, 2.75) is 25.3 Å². The molecule has 186 valence electrons.